The molecule has 0 saturated carbocycles. The van der Waals surface area contributed by atoms with Crippen molar-refractivity contribution >= 4 is 23.7 Å². The standard InChI is InChI=1S/C22H31N5O2S/c1-7-13-27-19(16-9-11-17(12-10-16)22(4,5)6)25-26-21(27)30-14-18(28)24-20(29)23-15(3)8-2/h7,9-12,15H,1,8,13-14H2,2-6H3,(H2,23,24,28,29)/t15-/m1/s1. The van der Waals surface area contributed by atoms with Crippen LogP contribution in [0, 0.1) is 0 Å². The van der Waals surface area contributed by atoms with E-state index < -0.39 is 6.03 Å². The number of imide groups is 1. The van der Waals surface area contributed by atoms with Crippen LogP contribution in [0.2, 0.25) is 0 Å². The molecule has 0 fully saturated rings. The average Bonchev–Trinajstić information content (AvgIpc) is 3.08. The van der Waals surface area contributed by atoms with Crippen molar-refractivity contribution in [2.75, 3.05) is 5.75 Å². The second-order valence-electron chi connectivity index (χ2n) is 8.15. The lowest BCUT2D eigenvalue weighted by atomic mass is 9.87. The number of hydrogen-bond acceptors (Lipinski definition) is 5. The minimum atomic E-state index is -0.484. The second kappa shape index (κ2) is 10.4. The van der Waals surface area contributed by atoms with Gasteiger partial charge in [-0.3, -0.25) is 14.7 Å². The van der Waals surface area contributed by atoms with Gasteiger partial charge in [0.05, 0.1) is 5.75 Å². The number of aromatic nitrogens is 3. The first kappa shape index (κ1) is 23.7. The first-order valence-corrected chi connectivity index (χ1v) is 11.0. The molecule has 1 atom stereocenters. The first-order chi connectivity index (χ1) is 14.2. The highest BCUT2D eigenvalue weighted by Gasteiger charge is 2.18. The van der Waals surface area contributed by atoms with E-state index in [1.54, 1.807) is 6.08 Å². The van der Waals surface area contributed by atoms with E-state index >= 15 is 0 Å². The predicted octanol–water partition coefficient (Wildman–Crippen LogP) is 4.15. The van der Waals surface area contributed by atoms with E-state index in [1.807, 2.05) is 30.5 Å². The number of carbonyl (C=O) groups is 2. The molecule has 0 unspecified atom stereocenters. The van der Waals surface area contributed by atoms with Crippen molar-refractivity contribution < 1.29 is 9.59 Å². The van der Waals surface area contributed by atoms with Gasteiger partial charge < -0.3 is 5.32 Å². The van der Waals surface area contributed by atoms with Crippen LogP contribution in [0.15, 0.2) is 42.1 Å². The highest BCUT2D eigenvalue weighted by Crippen LogP contribution is 2.27. The summed E-state index contributed by atoms with van der Waals surface area (Å²) in [6.07, 6.45) is 2.56. The SMILES string of the molecule is C=CCn1c(SCC(=O)NC(=O)N[C@H](C)CC)nnc1-c1ccc(C(C)(C)C)cc1. The van der Waals surface area contributed by atoms with Crippen LogP contribution in [0.3, 0.4) is 0 Å². The molecule has 0 spiro atoms. The van der Waals surface area contributed by atoms with Crippen molar-refractivity contribution in [1.82, 2.24) is 25.4 Å². The van der Waals surface area contributed by atoms with Gasteiger partial charge in [0.25, 0.3) is 0 Å². The highest BCUT2D eigenvalue weighted by molar-refractivity contribution is 7.99. The number of thioether (sulfide) groups is 1. The first-order valence-electron chi connectivity index (χ1n) is 10.0. The summed E-state index contributed by atoms with van der Waals surface area (Å²) in [4.78, 5) is 23.9. The Labute approximate surface area is 182 Å². The molecule has 0 radical (unpaired) electrons. The summed E-state index contributed by atoms with van der Waals surface area (Å²) in [5.41, 5.74) is 2.26. The van der Waals surface area contributed by atoms with Crippen molar-refractivity contribution in [3.8, 4) is 11.4 Å². The third kappa shape index (κ3) is 6.45. The molecule has 0 bridgehead atoms. The molecule has 0 aliphatic heterocycles. The van der Waals surface area contributed by atoms with Gasteiger partial charge in [0, 0.05) is 18.2 Å². The van der Waals surface area contributed by atoms with Gasteiger partial charge in [-0.2, -0.15) is 0 Å². The van der Waals surface area contributed by atoms with Crippen molar-refractivity contribution in [2.45, 2.75) is 64.2 Å². The van der Waals surface area contributed by atoms with E-state index in [4.69, 9.17) is 0 Å². The third-order valence-corrected chi connectivity index (χ3v) is 5.58. The Morgan fingerprint density at radius 1 is 1.23 bits per heavy atom. The smallest absolute Gasteiger partial charge is 0.321 e. The molecule has 2 N–H and O–H groups in total. The Balaban J connectivity index is 2.09. The second-order valence-corrected chi connectivity index (χ2v) is 9.09. The normalized spacial score (nSPS) is 12.3. The number of benzene rings is 1. The van der Waals surface area contributed by atoms with Crippen LogP contribution in [-0.4, -0.2) is 38.5 Å². The predicted molar refractivity (Wildman–Crippen MR) is 122 cm³/mol. The number of nitrogens with zero attached hydrogens (tertiary/aromatic N) is 3. The van der Waals surface area contributed by atoms with E-state index in [1.165, 1.54) is 17.3 Å². The summed E-state index contributed by atoms with van der Waals surface area (Å²) in [6.45, 7) is 14.7. The van der Waals surface area contributed by atoms with Gasteiger partial charge in [0.15, 0.2) is 11.0 Å². The highest BCUT2D eigenvalue weighted by atomic mass is 32.2. The average molecular weight is 430 g/mol. The van der Waals surface area contributed by atoms with Gasteiger partial charge in [-0.25, -0.2) is 4.79 Å². The molecule has 1 aromatic carbocycles. The van der Waals surface area contributed by atoms with Gasteiger partial charge >= 0.3 is 6.03 Å². The molecule has 2 aromatic rings. The van der Waals surface area contributed by atoms with Crippen molar-refractivity contribution in [2.24, 2.45) is 0 Å². The number of allylic oxidation sites excluding steroid dienone is 1. The number of carbonyl (C=O) groups excluding carboxylic acids is 2. The summed E-state index contributed by atoms with van der Waals surface area (Å²) in [5, 5.41) is 14.2. The largest absolute Gasteiger partial charge is 0.335 e. The van der Waals surface area contributed by atoms with E-state index in [-0.39, 0.29) is 23.1 Å². The molecule has 1 heterocycles. The Morgan fingerprint density at radius 3 is 2.47 bits per heavy atom. The van der Waals surface area contributed by atoms with E-state index in [9.17, 15) is 9.59 Å². The molecule has 0 saturated heterocycles. The van der Waals surface area contributed by atoms with Crippen molar-refractivity contribution in [3.63, 3.8) is 0 Å². The molecule has 162 valence electrons. The topological polar surface area (TPSA) is 88.9 Å². The third-order valence-electron chi connectivity index (χ3n) is 4.61. The number of amides is 3. The lowest BCUT2D eigenvalue weighted by Gasteiger charge is -2.19. The fourth-order valence-electron chi connectivity index (χ4n) is 2.68. The van der Waals surface area contributed by atoms with E-state index in [2.05, 4.69) is 60.3 Å². The lowest BCUT2D eigenvalue weighted by molar-refractivity contribution is -0.117. The van der Waals surface area contributed by atoms with Gasteiger partial charge in [0.2, 0.25) is 5.91 Å². The summed E-state index contributed by atoms with van der Waals surface area (Å²) in [5.74, 6) is 0.393. The van der Waals surface area contributed by atoms with Crippen LogP contribution < -0.4 is 10.6 Å². The summed E-state index contributed by atoms with van der Waals surface area (Å²) in [6, 6.07) is 7.78. The number of nitrogens with one attached hydrogen (secondary N) is 2. The van der Waals surface area contributed by atoms with Crippen LogP contribution >= 0.6 is 11.8 Å². The molecule has 7 nitrogen and oxygen atoms in total. The van der Waals surface area contributed by atoms with Gasteiger partial charge in [0.1, 0.15) is 0 Å². The molecule has 8 heteroatoms. The summed E-state index contributed by atoms with van der Waals surface area (Å²) in [7, 11) is 0. The number of hydrogen-bond donors (Lipinski definition) is 2. The molecule has 0 aliphatic rings. The minimum absolute atomic E-state index is 0.00775. The summed E-state index contributed by atoms with van der Waals surface area (Å²) < 4.78 is 1.91. The van der Waals surface area contributed by atoms with Crippen LogP contribution in [0.25, 0.3) is 11.4 Å². The van der Waals surface area contributed by atoms with E-state index in [0.717, 1.165) is 12.0 Å². The molecule has 3 amide bonds. The van der Waals surface area contributed by atoms with Crippen LogP contribution in [0.5, 0.6) is 0 Å². The molecule has 2 rings (SSSR count). The minimum Gasteiger partial charge on any atom is -0.335 e. The van der Waals surface area contributed by atoms with Gasteiger partial charge in [-0.1, -0.05) is 69.8 Å². The van der Waals surface area contributed by atoms with Crippen molar-refractivity contribution in [1.29, 1.82) is 0 Å². The quantitative estimate of drug-likeness (QED) is 0.486. The maximum absolute atomic E-state index is 12.1. The van der Waals surface area contributed by atoms with Gasteiger partial charge in [-0.15, -0.1) is 16.8 Å². The zero-order chi connectivity index (χ0) is 22.3. The lowest BCUT2D eigenvalue weighted by Crippen LogP contribution is -2.43. The van der Waals surface area contributed by atoms with Gasteiger partial charge in [-0.05, 0) is 24.3 Å². The monoisotopic (exact) mass is 429 g/mol. The number of urea groups is 1. The van der Waals surface area contributed by atoms with E-state index in [0.29, 0.717) is 17.5 Å². The molecule has 0 aliphatic carbocycles. The molecular formula is C22H31N5O2S. The Kier molecular flexibility index (Phi) is 8.23. The maximum atomic E-state index is 12.1. The Morgan fingerprint density at radius 2 is 1.90 bits per heavy atom. The Bertz CT molecular complexity index is 884. The number of rotatable bonds is 8. The zero-order valence-electron chi connectivity index (χ0n) is 18.4. The maximum Gasteiger partial charge on any atom is 0.321 e. The van der Waals surface area contributed by atoms with Crippen LogP contribution in [0.1, 0.15) is 46.6 Å². The molecule has 1 aromatic heterocycles. The molecule has 30 heavy (non-hydrogen) atoms. The fraction of sp³-hybridized carbons (Fsp3) is 0.455. The van der Waals surface area contributed by atoms with Crippen molar-refractivity contribution in [3.05, 3.63) is 42.5 Å². The Hall–Kier alpha value is -2.61. The van der Waals surface area contributed by atoms with Crippen LogP contribution in [0.4, 0.5) is 4.79 Å². The van der Waals surface area contributed by atoms with Crippen LogP contribution in [-0.2, 0) is 16.8 Å². The fourth-order valence-corrected chi connectivity index (χ4v) is 3.42. The summed E-state index contributed by atoms with van der Waals surface area (Å²) >= 11 is 1.23. The zero-order valence-corrected chi connectivity index (χ0v) is 19.2. The molecular weight excluding hydrogens is 398 g/mol.